The normalized spacial score (nSPS) is 14.9. The minimum Gasteiger partial charge on any atom is -0.309 e. The van der Waals surface area contributed by atoms with Crippen molar-refractivity contribution >= 4 is 27.3 Å². The molecule has 1 fully saturated rings. The predicted octanol–water partition coefficient (Wildman–Crippen LogP) is 5.09. The lowest BCUT2D eigenvalue weighted by Gasteiger charge is -2.05. The summed E-state index contributed by atoms with van der Waals surface area (Å²) in [7, 11) is 0. The molecule has 1 saturated carbocycles. The Labute approximate surface area is 136 Å². The molecule has 2 aromatic rings. The van der Waals surface area contributed by atoms with E-state index in [1.54, 1.807) is 17.4 Å². The van der Waals surface area contributed by atoms with Crippen LogP contribution in [0.3, 0.4) is 0 Å². The Bertz CT molecular complexity index is 629. The summed E-state index contributed by atoms with van der Waals surface area (Å²) >= 11 is 5.03. The Morgan fingerprint density at radius 2 is 2.19 bits per heavy atom. The van der Waals surface area contributed by atoms with Crippen LogP contribution in [0.5, 0.6) is 0 Å². The van der Waals surface area contributed by atoms with Gasteiger partial charge in [0.1, 0.15) is 10.8 Å². The van der Waals surface area contributed by atoms with Gasteiger partial charge in [-0.25, -0.2) is 9.37 Å². The summed E-state index contributed by atoms with van der Waals surface area (Å²) in [5.41, 5.74) is 1.65. The van der Waals surface area contributed by atoms with Crippen molar-refractivity contribution in [1.82, 2.24) is 10.3 Å². The Balaban J connectivity index is 1.96. The van der Waals surface area contributed by atoms with Crippen LogP contribution < -0.4 is 5.32 Å². The van der Waals surface area contributed by atoms with Crippen LogP contribution in [0.4, 0.5) is 4.39 Å². The molecular weight excluding hydrogens is 351 g/mol. The monoisotopic (exact) mass is 368 g/mol. The zero-order valence-electron chi connectivity index (χ0n) is 12.1. The summed E-state index contributed by atoms with van der Waals surface area (Å²) < 4.78 is 14.9. The summed E-state index contributed by atoms with van der Waals surface area (Å²) in [5, 5.41) is 4.29. The smallest absolute Gasteiger partial charge is 0.134 e. The highest BCUT2D eigenvalue weighted by atomic mass is 79.9. The molecule has 1 aromatic heterocycles. The van der Waals surface area contributed by atoms with Gasteiger partial charge >= 0.3 is 0 Å². The molecule has 0 radical (unpaired) electrons. The van der Waals surface area contributed by atoms with Gasteiger partial charge in [-0.3, -0.25) is 0 Å². The molecule has 1 heterocycles. The Kier molecular flexibility index (Phi) is 4.43. The molecule has 2 nitrogen and oxygen atoms in total. The summed E-state index contributed by atoms with van der Waals surface area (Å²) in [6.45, 7) is 5.10. The number of nitrogens with zero attached hydrogens (tertiary/aromatic N) is 1. The molecule has 0 bridgehead atoms. The van der Waals surface area contributed by atoms with Gasteiger partial charge in [0.15, 0.2) is 0 Å². The second kappa shape index (κ2) is 6.15. The van der Waals surface area contributed by atoms with Crippen molar-refractivity contribution in [3.63, 3.8) is 0 Å². The fraction of sp³-hybridized carbons (Fsp3) is 0.438. The van der Waals surface area contributed by atoms with E-state index in [0.717, 1.165) is 21.7 Å². The van der Waals surface area contributed by atoms with Crippen LogP contribution in [0, 0.1) is 5.82 Å². The lowest BCUT2D eigenvalue weighted by Crippen LogP contribution is -2.15. The Morgan fingerprint density at radius 1 is 1.43 bits per heavy atom. The molecule has 3 rings (SSSR count). The van der Waals surface area contributed by atoms with Gasteiger partial charge < -0.3 is 5.32 Å². The van der Waals surface area contributed by atoms with Crippen molar-refractivity contribution in [2.75, 3.05) is 0 Å². The van der Waals surface area contributed by atoms with Crippen LogP contribution in [0.2, 0.25) is 0 Å². The van der Waals surface area contributed by atoms with Gasteiger partial charge in [0.05, 0.1) is 11.3 Å². The molecule has 0 atom stereocenters. The van der Waals surface area contributed by atoms with E-state index in [4.69, 9.17) is 4.98 Å². The molecule has 21 heavy (non-hydrogen) atoms. The molecule has 112 valence electrons. The van der Waals surface area contributed by atoms with Gasteiger partial charge in [-0.15, -0.1) is 11.3 Å². The lowest BCUT2D eigenvalue weighted by atomic mass is 10.1. The number of rotatable bonds is 5. The number of nitrogens with one attached hydrogen (secondary N) is 1. The molecule has 0 saturated heterocycles. The SMILES string of the molecule is CC(C)c1nc(-c2c(F)cccc2Br)sc1CNC1CC1. The first-order valence-electron chi connectivity index (χ1n) is 7.23. The maximum atomic E-state index is 14.1. The van der Waals surface area contributed by atoms with Crippen molar-refractivity contribution in [3.05, 3.63) is 39.1 Å². The average molecular weight is 369 g/mol. The summed E-state index contributed by atoms with van der Waals surface area (Å²) in [5.74, 6) is 0.117. The molecule has 0 unspecified atom stereocenters. The third-order valence-corrected chi connectivity index (χ3v) is 5.33. The Morgan fingerprint density at radius 3 is 2.81 bits per heavy atom. The van der Waals surface area contributed by atoms with E-state index in [1.165, 1.54) is 23.8 Å². The van der Waals surface area contributed by atoms with Crippen molar-refractivity contribution in [1.29, 1.82) is 0 Å². The maximum Gasteiger partial charge on any atom is 0.134 e. The molecule has 1 aliphatic carbocycles. The minimum absolute atomic E-state index is 0.227. The second-order valence-electron chi connectivity index (χ2n) is 5.73. The topological polar surface area (TPSA) is 24.9 Å². The number of thiazole rings is 1. The Hall–Kier alpha value is -0.780. The first kappa shape index (κ1) is 15.1. The lowest BCUT2D eigenvalue weighted by molar-refractivity contribution is 0.630. The standard InChI is InChI=1S/C16H18BrFN2S/c1-9(2)15-13(8-19-10-6-7-10)21-16(20-15)14-11(17)4-3-5-12(14)18/h3-5,9-10,19H,6-8H2,1-2H3. The molecule has 0 amide bonds. The highest BCUT2D eigenvalue weighted by Gasteiger charge is 2.23. The number of hydrogen-bond donors (Lipinski definition) is 1. The van der Waals surface area contributed by atoms with Crippen molar-refractivity contribution in [3.8, 4) is 10.6 Å². The largest absolute Gasteiger partial charge is 0.309 e. The van der Waals surface area contributed by atoms with E-state index in [1.807, 2.05) is 6.07 Å². The first-order chi connectivity index (χ1) is 10.1. The van der Waals surface area contributed by atoms with Gasteiger partial charge in [0.2, 0.25) is 0 Å². The summed E-state index contributed by atoms with van der Waals surface area (Å²) in [6, 6.07) is 5.71. The maximum absolute atomic E-state index is 14.1. The van der Waals surface area contributed by atoms with Crippen LogP contribution in [-0.2, 0) is 6.54 Å². The van der Waals surface area contributed by atoms with Crippen molar-refractivity contribution in [2.24, 2.45) is 0 Å². The van der Waals surface area contributed by atoms with Gasteiger partial charge in [0.25, 0.3) is 0 Å². The van der Waals surface area contributed by atoms with E-state index >= 15 is 0 Å². The van der Waals surface area contributed by atoms with Gasteiger partial charge in [-0.1, -0.05) is 19.9 Å². The predicted molar refractivity (Wildman–Crippen MR) is 89.2 cm³/mol. The molecule has 5 heteroatoms. The summed E-state index contributed by atoms with van der Waals surface area (Å²) in [4.78, 5) is 5.93. The van der Waals surface area contributed by atoms with E-state index in [0.29, 0.717) is 17.5 Å². The van der Waals surface area contributed by atoms with Crippen LogP contribution in [-0.4, -0.2) is 11.0 Å². The zero-order chi connectivity index (χ0) is 15.0. The van der Waals surface area contributed by atoms with Crippen molar-refractivity contribution in [2.45, 2.75) is 45.2 Å². The third-order valence-electron chi connectivity index (χ3n) is 3.58. The van der Waals surface area contributed by atoms with E-state index in [-0.39, 0.29) is 5.82 Å². The average Bonchev–Trinajstić information content (AvgIpc) is 3.16. The first-order valence-corrected chi connectivity index (χ1v) is 8.84. The van der Waals surface area contributed by atoms with E-state index < -0.39 is 0 Å². The molecule has 1 aromatic carbocycles. The van der Waals surface area contributed by atoms with Gasteiger partial charge in [0, 0.05) is 21.9 Å². The fourth-order valence-corrected chi connectivity index (χ4v) is 4.16. The zero-order valence-corrected chi connectivity index (χ0v) is 14.5. The van der Waals surface area contributed by atoms with Crippen LogP contribution in [0.15, 0.2) is 22.7 Å². The highest BCUT2D eigenvalue weighted by Crippen LogP contribution is 2.37. The third kappa shape index (κ3) is 3.35. The second-order valence-corrected chi connectivity index (χ2v) is 7.67. The van der Waals surface area contributed by atoms with Gasteiger partial charge in [-0.2, -0.15) is 0 Å². The van der Waals surface area contributed by atoms with Crippen molar-refractivity contribution < 1.29 is 4.39 Å². The summed E-state index contributed by atoms with van der Waals surface area (Å²) in [6.07, 6.45) is 2.53. The number of halogens is 2. The number of aromatic nitrogens is 1. The minimum atomic E-state index is -0.227. The molecule has 1 N–H and O–H groups in total. The number of hydrogen-bond acceptors (Lipinski definition) is 3. The van der Waals surface area contributed by atoms with Gasteiger partial charge in [-0.05, 0) is 46.8 Å². The molecular formula is C16H18BrFN2S. The molecule has 0 spiro atoms. The quantitative estimate of drug-likeness (QED) is 0.794. The van der Waals surface area contributed by atoms with Crippen LogP contribution in [0.1, 0.15) is 43.2 Å². The van der Waals surface area contributed by atoms with Crippen LogP contribution in [0.25, 0.3) is 10.6 Å². The molecule has 1 aliphatic rings. The highest BCUT2D eigenvalue weighted by molar-refractivity contribution is 9.10. The van der Waals surface area contributed by atoms with Crippen LogP contribution >= 0.6 is 27.3 Å². The fourth-order valence-electron chi connectivity index (χ4n) is 2.27. The molecule has 0 aliphatic heterocycles. The van der Waals surface area contributed by atoms with E-state index in [9.17, 15) is 4.39 Å². The van der Waals surface area contributed by atoms with E-state index in [2.05, 4.69) is 35.1 Å². The number of benzene rings is 1.